The molecule has 2 heterocycles. The van der Waals surface area contributed by atoms with Crippen molar-refractivity contribution in [3.05, 3.63) is 66.2 Å². The smallest absolute Gasteiger partial charge is 0.241 e. The van der Waals surface area contributed by atoms with Crippen molar-refractivity contribution in [3.63, 3.8) is 0 Å². The monoisotopic (exact) mass is 513 g/mol. The molecule has 10 heteroatoms. The van der Waals surface area contributed by atoms with Crippen LogP contribution in [0.2, 0.25) is 0 Å². The highest BCUT2D eigenvalue weighted by molar-refractivity contribution is 7.89. The third kappa shape index (κ3) is 4.67. The van der Waals surface area contributed by atoms with Gasteiger partial charge in [0.1, 0.15) is 5.82 Å². The van der Waals surface area contributed by atoms with Crippen LogP contribution in [-0.4, -0.2) is 43.4 Å². The quantitative estimate of drug-likeness (QED) is 0.419. The van der Waals surface area contributed by atoms with Gasteiger partial charge in [0.15, 0.2) is 11.5 Å². The molecule has 0 radical (unpaired) electrons. The Morgan fingerprint density at radius 1 is 1.08 bits per heavy atom. The Labute approximate surface area is 212 Å². The number of aliphatic hydroxyl groups is 1. The Morgan fingerprint density at radius 2 is 1.81 bits per heavy atom. The van der Waals surface area contributed by atoms with Gasteiger partial charge in [-0.25, -0.2) is 18.1 Å². The van der Waals surface area contributed by atoms with Gasteiger partial charge in [0.25, 0.3) is 0 Å². The van der Waals surface area contributed by atoms with E-state index in [1.165, 1.54) is 12.1 Å². The Kier molecular flexibility index (Phi) is 5.98. The molecule has 5 rings (SSSR count). The lowest BCUT2D eigenvalue weighted by atomic mass is 9.94. The molecule has 3 N–H and O–H groups in total. The summed E-state index contributed by atoms with van der Waals surface area (Å²) in [7, 11) is -3.80. The van der Waals surface area contributed by atoms with E-state index in [2.05, 4.69) is 15.0 Å². The predicted molar refractivity (Wildman–Crippen MR) is 137 cm³/mol. The van der Waals surface area contributed by atoms with Gasteiger partial charge in [0.05, 0.1) is 28.2 Å². The van der Waals surface area contributed by atoms with Crippen LogP contribution < -0.4 is 19.5 Å². The summed E-state index contributed by atoms with van der Waals surface area (Å²) in [6, 6.07) is 17.2. The molecule has 3 aromatic rings. The molecular weight excluding hydrogens is 482 g/mol. The Morgan fingerprint density at radius 3 is 2.50 bits per heavy atom. The zero-order chi connectivity index (χ0) is 25.6. The van der Waals surface area contributed by atoms with E-state index >= 15 is 0 Å². The van der Waals surface area contributed by atoms with Crippen LogP contribution in [0.3, 0.4) is 0 Å². The number of nitrogens with one attached hydrogen (secondary N) is 2. The molecule has 0 saturated heterocycles. The fraction of sp³-hybridized carbons (Fsp3) is 0.308. The molecule has 2 aliphatic rings. The number of benzene rings is 2. The number of carbonyl (C=O) groups is 1. The predicted octanol–water partition coefficient (Wildman–Crippen LogP) is 3.69. The maximum atomic E-state index is 13.2. The van der Waals surface area contributed by atoms with Crippen molar-refractivity contribution in [2.24, 2.45) is 0 Å². The third-order valence-corrected chi connectivity index (χ3v) is 8.08. The largest absolute Gasteiger partial charge is 0.454 e. The van der Waals surface area contributed by atoms with Gasteiger partial charge in [-0.15, -0.1) is 0 Å². The standard InChI is InChI=1S/C26H27N3O6S.2H2/c1-25(2,15-30)29-36(32,33)19-9-6-17(7-10-19)20-4-3-5-23(27-20)28-24(31)26(12-13-26)18-8-11-21-22(14-18)35-16-34-21;;/h3-11,14,29-30H,12-13,15-16H2,1-2H3,(H,27,28,31);2*1H. The third-order valence-electron chi connectivity index (χ3n) is 6.37. The Balaban J connectivity index is 0.00000200. The topological polar surface area (TPSA) is 127 Å². The summed E-state index contributed by atoms with van der Waals surface area (Å²) in [5.41, 5.74) is 0.571. The van der Waals surface area contributed by atoms with Crippen LogP contribution in [0.5, 0.6) is 11.5 Å². The Bertz CT molecular complexity index is 1430. The summed E-state index contributed by atoms with van der Waals surface area (Å²) in [6.45, 7) is 3.04. The average molecular weight is 514 g/mol. The average Bonchev–Trinajstić information content (AvgIpc) is 3.54. The van der Waals surface area contributed by atoms with Gasteiger partial charge in [-0.05, 0) is 68.7 Å². The number of carbonyl (C=O) groups excluding carboxylic acids is 1. The van der Waals surface area contributed by atoms with Gasteiger partial charge < -0.3 is 19.9 Å². The van der Waals surface area contributed by atoms with Gasteiger partial charge in [-0.2, -0.15) is 0 Å². The van der Waals surface area contributed by atoms with Gasteiger partial charge in [-0.3, -0.25) is 4.79 Å². The highest BCUT2D eigenvalue weighted by atomic mass is 32.2. The molecule has 9 nitrogen and oxygen atoms in total. The molecule has 36 heavy (non-hydrogen) atoms. The fourth-order valence-corrected chi connectivity index (χ4v) is 5.53. The van der Waals surface area contributed by atoms with Gasteiger partial charge in [0, 0.05) is 8.42 Å². The second-order valence-electron chi connectivity index (χ2n) is 9.68. The van der Waals surface area contributed by atoms with E-state index in [0.29, 0.717) is 28.6 Å². The number of ether oxygens (including phenoxy) is 2. The molecule has 1 amide bonds. The van der Waals surface area contributed by atoms with Gasteiger partial charge in [-0.1, -0.05) is 24.3 Å². The number of pyridine rings is 1. The van der Waals surface area contributed by atoms with Crippen molar-refractivity contribution in [2.45, 2.75) is 42.5 Å². The van der Waals surface area contributed by atoms with Gasteiger partial charge >= 0.3 is 0 Å². The number of fused-ring (bicyclic) bond motifs is 1. The second kappa shape index (κ2) is 8.88. The SMILES string of the molecule is CC(C)(CO)NS(=O)(=O)c1ccc(-c2cccc(NC(=O)C3(c4ccc5c(c4)OCO5)CC3)n2)cc1.[HH].[HH]. The van der Waals surface area contributed by atoms with Crippen molar-refractivity contribution >= 4 is 21.7 Å². The maximum Gasteiger partial charge on any atom is 0.241 e. The number of aliphatic hydroxyl groups excluding tert-OH is 1. The van der Waals surface area contributed by atoms with E-state index < -0.39 is 21.0 Å². The highest BCUT2D eigenvalue weighted by Crippen LogP contribution is 2.51. The first-order valence-corrected chi connectivity index (χ1v) is 13.0. The first-order chi connectivity index (χ1) is 17.1. The van der Waals surface area contributed by atoms with Crippen LogP contribution in [0.4, 0.5) is 5.82 Å². The van der Waals surface area contributed by atoms with Crippen molar-refractivity contribution in [2.75, 3.05) is 18.7 Å². The molecule has 0 atom stereocenters. The first-order valence-electron chi connectivity index (χ1n) is 11.6. The number of aromatic nitrogens is 1. The fourth-order valence-electron chi connectivity index (χ4n) is 4.13. The summed E-state index contributed by atoms with van der Waals surface area (Å²) in [6.07, 6.45) is 1.46. The molecule has 0 bridgehead atoms. The number of nitrogens with zero attached hydrogens (tertiary/aromatic N) is 1. The first kappa shape index (κ1) is 24.2. The van der Waals surface area contributed by atoms with Crippen molar-refractivity contribution in [1.29, 1.82) is 0 Å². The van der Waals surface area contributed by atoms with Crippen molar-refractivity contribution < 1.29 is 30.6 Å². The number of hydrogen-bond acceptors (Lipinski definition) is 7. The summed E-state index contributed by atoms with van der Waals surface area (Å²) in [5.74, 6) is 1.60. The number of rotatable bonds is 8. The molecule has 2 aromatic carbocycles. The number of amides is 1. The van der Waals surface area contributed by atoms with E-state index in [0.717, 1.165) is 18.4 Å². The van der Waals surface area contributed by atoms with Crippen molar-refractivity contribution in [3.8, 4) is 22.8 Å². The molecule has 1 aromatic heterocycles. The van der Waals surface area contributed by atoms with E-state index in [-0.39, 0.29) is 27.1 Å². The van der Waals surface area contributed by atoms with E-state index in [4.69, 9.17) is 9.47 Å². The normalized spacial score (nSPS) is 16.0. The van der Waals surface area contributed by atoms with E-state index in [1.807, 2.05) is 18.2 Å². The lowest BCUT2D eigenvalue weighted by molar-refractivity contribution is -0.118. The lowest BCUT2D eigenvalue weighted by Gasteiger charge is -2.23. The van der Waals surface area contributed by atoms with Crippen LogP contribution in [-0.2, 0) is 20.2 Å². The molecule has 0 spiro atoms. The van der Waals surface area contributed by atoms with Crippen LogP contribution in [0, 0.1) is 0 Å². The van der Waals surface area contributed by atoms with Crippen LogP contribution >= 0.6 is 0 Å². The second-order valence-corrected chi connectivity index (χ2v) is 11.4. The summed E-state index contributed by atoms with van der Waals surface area (Å²) in [4.78, 5) is 17.9. The van der Waals surface area contributed by atoms with Crippen LogP contribution in [0.15, 0.2) is 65.6 Å². The molecule has 192 valence electrons. The highest BCUT2D eigenvalue weighted by Gasteiger charge is 2.51. The van der Waals surface area contributed by atoms with E-state index in [9.17, 15) is 18.3 Å². The van der Waals surface area contributed by atoms with Crippen LogP contribution in [0.1, 0.15) is 35.1 Å². The minimum atomic E-state index is -3.80. The van der Waals surface area contributed by atoms with Crippen molar-refractivity contribution in [1.82, 2.24) is 9.71 Å². The van der Waals surface area contributed by atoms with Crippen LogP contribution in [0.25, 0.3) is 11.3 Å². The zero-order valence-corrected chi connectivity index (χ0v) is 20.8. The minimum Gasteiger partial charge on any atom is -0.454 e. The Hall–Kier alpha value is -3.47. The van der Waals surface area contributed by atoms with E-state index in [1.54, 1.807) is 44.2 Å². The number of anilines is 1. The molecular formula is C26H31N3O6S. The number of hydrogen-bond donors (Lipinski definition) is 3. The zero-order valence-electron chi connectivity index (χ0n) is 19.9. The maximum absolute atomic E-state index is 13.2. The molecule has 1 fully saturated rings. The molecule has 1 aliphatic carbocycles. The summed E-state index contributed by atoms with van der Waals surface area (Å²) >= 11 is 0. The molecule has 1 saturated carbocycles. The van der Waals surface area contributed by atoms with Gasteiger partial charge in [0.2, 0.25) is 22.7 Å². The molecule has 0 unspecified atom stereocenters. The molecule has 1 aliphatic heterocycles. The lowest BCUT2D eigenvalue weighted by Crippen LogP contribution is -2.46. The minimum absolute atomic E-state index is 0. The summed E-state index contributed by atoms with van der Waals surface area (Å²) in [5, 5.41) is 12.3. The number of sulfonamides is 1. The summed E-state index contributed by atoms with van der Waals surface area (Å²) < 4.78 is 38.5.